The average Bonchev–Trinajstić information content (AvgIpc) is 2.89. The maximum atomic E-state index is 12.7. The Kier molecular flexibility index (Phi) is 6.47. The normalized spacial score (nSPS) is 10.4. The number of thioether (sulfide) groups is 1. The molecule has 0 fully saturated rings. The van der Waals surface area contributed by atoms with E-state index >= 15 is 0 Å². The number of rotatable bonds is 7. The fourth-order valence-corrected chi connectivity index (χ4v) is 3.26. The van der Waals surface area contributed by atoms with Gasteiger partial charge in [-0.2, -0.15) is 0 Å². The molecule has 25 heavy (non-hydrogen) atoms. The summed E-state index contributed by atoms with van der Waals surface area (Å²) in [5.74, 6) is 0.0399. The molecular formula is C19H22N2O3S. The first kappa shape index (κ1) is 18.9. The first-order chi connectivity index (χ1) is 12.0. The Morgan fingerprint density at radius 2 is 2.04 bits per heavy atom. The predicted molar refractivity (Wildman–Crippen MR) is 102 cm³/mol. The van der Waals surface area contributed by atoms with Gasteiger partial charge in [-0.3, -0.25) is 4.79 Å². The van der Waals surface area contributed by atoms with Gasteiger partial charge in [0, 0.05) is 16.3 Å². The Morgan fingerprint density at radius 3 is 2.72 bits per heavy atom. The topological polar surface area (TPSA) is 71.2 Å². The van der Waals surface area contributed by atoms with Crippen LogP contribution in [0.15, 0.2) is 41.8 Å². The quantitative estimate of drug-likeness (QED) is 0.439. The number of hydrogen-bond donors (Lipinski definition) is 2. The van der Waals surface area contributed by atoms with Gasteiger partial charge in [0.05, 0.1) is 17.9 Å². The second-order valence-corrected chi connectivity index (χ2v) is 6.46. The van der Waals surface area contributed by atoms with Crippen molar-refractivity contribution in [2.75, 3.05) is 17.7 Å². The number of anilines is 1. The van der Waals surface area contributed by atoms with Crippen molar-refractivity contribution in [2.45, 2.75) is 25.7 Å². The largest absolute Gasteiger partial charge is 0.462 e. The van der Waals surface area contributed by atoms with Crippen molar-refractivity contribution >= 4 is 29.3 Å². The first-order valence-corrected chi connectivity index (χ1v) is 8.98. The summed E-state index contributed by atoms with van der Waals surface area (Å²) < 4.78 is 5.06. The predicted octanol–water partition coefficient (Wildman–Crippen LogP) is 4.34. The number of H-pyrrole nitrogens is 1. The molecule has 1 heterocycles. The lowest BCUT2D eigenvalue weighted by atomic mass is 10.1. The molecule has 0 aliphatic carbocycles. The molecule has 0 saturated heterocycles. The second-order valence-electron chi connectivity index (χ2n) is 5.40. The molecule has 2 rings (SSSR count). The minimum atomic E-state index is -0.422. The van der Waals surface area contributed by atoms with Gasteiger partial charge >= 0.3 is 5.97 Å². The molecule has 0 radical (unpaired) electrons. The van der Waals surface area contributed by atoms with Gasteiger partial charge in [-0.05, 0) is 38.5 Å². The Morgan fingerprint density at radius 1 is 1.32 bits per heavy atom. The van der Waals surface area contributed by atoms with Gasteiger partial charge in [0.2, 0.25) is 0 Å². The molecule has 5 nitrogen and oxygen atoms in total. The highest BCUT2D eigenvalue weighted by molar-refractivity contribution is 7.99. The molecule has 6 heteroatoms. The molecule has 1 aromatic heterocycles. The summed E-state index contributed by atoms with van der Waals surface area (Å²) in [6.45, 7) is 9.25. The van der Waals surface area contributed by atoms with E-state index in [4.69, 9.17) is 4.74 Å². The summed E-state index contributed by atoms with van der Waals surface area (Å²) >= 11 is 1.59. The van der Waals surface area contributed by atoms with E-state index < -0.39 is 5.97 Å². The number of para-hydroxylation sites is 1. The molecule has 0 aliphatic rings. The Hall–Kier alpha value is -2.47. The monoisotopic (exact) mass is 358 g/mol. The maximum Gasteiger partial charge on any atom is 0.340 e. The molecule has 2 N–H and O–H groups in total. The van der Waals surface area contributed by atoms with Gasteiger partial charge in [0.1, 0.15) is 5.69 Å². The third-order valence-electron chi connectivity index (χ3n) is 3.64. The van der Waals surface area contributed by atoms with E-state index in [1.54, 1.807) is 32.5 Å². The van der Waals surface area contributed by atoms with E-state index in [9.17, 15) is 9.59 Å². The first-order valence-electron chi connectivity index (χ1n) is 7.99. The fraction of sp³-hybridized carbons (Fsp3) is 0.263. The standard InChI is InChI=1S/C19H22N2O3S/c1-5-11-25-15-10-8-7-9-14(15)21-18(22)17-12(3)16(13(4)20-17)19(23)24-6-2/h5,7-10,20H,1,6,11H2,2-4H3,(H,21,22). The summed E-state index contributed by atoms with van der Waals surface area (Å²) in [5.41, 5.74) is 2.72. The molecule has 132 valence electrons. The number of hydrogen-bond acceptors (Lipinski definition) is 4. The van der Waals surface area contributed by atoms with Crippen molar-refractivity contribution < 1.29 is 14.3 Å². The number of nitrogens with one attached hydrogen (secondary N) is 2. The molecule has 1 amide bonds. The molecule has 0 atom stereocenters. The van der Waals surface area contributed by atoms with Gasteiger partial charge < -0.3 is 15.0 Å². The van der Waals surface area contributed by atoms with Crippen molar-refractivity contribution in [3.8, 4) is 0 Å². The van der Waals surface area contributed by atoms with Crippen LogP contribution >= 0.6 is 11.8 Å². The van der Waals surface area contributed by atoms with Crippen LogP contribution in [0.1, 0.15) is 39.0 Å². The molecule has 0 bridgehead atoms. The molecule has 0 saturated carbocycles. The van der Waals surface area contributed by atoms with Crippen LogP contribution in [0, 0.1) is 13.8 Å². The average molecular weight is 358 g/mol. The zero-order valence-corrected chi connectivity index (χ0v) is 15.5. The molecule has 0 aliphatic heterocycles. The number of carbonyl (C=O) groups excluding carboxylic acids is 2. The van der Waals surface area contributed by atoms with Crippen LogP contribution in [-0.4, -0.2) is 29.2 Å². The Balaban J connectivity index is 2.27. The second kappa shape index (κ2) is 8.58. The number of benzene rings is 1. The number of aromatic amines is 1. The smallest absolute Gasteiger partial charge is 0.340 e. The minimum Gasteiger partial charge on any atom is -0.462 e. The van der Waals surface area contributed by atoms with Crippen molar-refractivity contribution in [1.29, 1.82) is 0 Å². The summed E-state index contributed by atoms with van der Waals surface area (Å²) in [7, 11) is 0. The third kappa shape index (κ3) is 4.33. The van der Waals surface area contributed by atoms with E-state index in [0.29, 0.717) is 29.1 Å². The fourth-order valence-electron chi connectivity index (χ4n) is 2.52. The van der Waals surface area contributed by atoms with Crippen LogP contribution in [0.5, 0.6) is 0 Å². The summed E-state index contributed by atoms with van der Waals surface area (Å²) in [5, 5.41) is 2.91. The maximum absolute atomic E-state index is 12.7. The molecular weight excluding hydrogens is 336 g/mol. The van der Waals surface area contributed by atoms with Gasteiger partial charge in [0.15, 0.2) is 0 Å². The SMILES string of the molecule is C=CCSc1ccccc1NC(=O)c1[nH]c(C)c(C(=O)OCC)c1C. The van der Waals surface area contributed by atoms with Crippen LogP contribution in [0.2, 0.25) is 0 Å². The number of amides is 1. The zero-order valence-electron chi connectivity index (χ0n) is 14.6. The minimum absolute atomic E-state index is 0.289. The van der Waals surface area contributed by atoms with Crippen LogP contribution in [-0.2, 0) is 4.74 Å². The Bertz CT molecular complexity index is 796. The van der Waals surface area contributed by atoms with Gasteiger partial charge in [0.25, 0.3) is 5.91 Å². The van der Waals surface area contributed by atoms with Crippen molar-refractivity contribution in [3.63, 3.8) is 0 Å². The van der Waals surface area contributed by atoms with Crippen molar-refractivity contribution in [2.24, 2.45) is 0 Å². The van der Waals surface area contributed by atoms with E-state index in [-0.39, 0.29) is 5.91 Å². The van der Waals surface area contributed by atoms with Crippen molar-refractivity contribution in [3.05, 3.63) is 59.4 Å². The summed E-state index contributed by atoms with van der Waals surface area (Å²) in [6, 6.07) is 7.58. The molecule has 0 spiro atoms. The number of ether oxygens (including phenoxy) is 1. The van der Waals surface area contributed by atoms with Crippen LogP contribution < -0.4 is 5.32 Å². The van der Waals surface area contributed by atoms with E-state index in [0.717, 1.165) is 16.3 Å². The lowest BCUT2D eigenvalue weighted by molar-refractivity contribution is 0.0525. The number of carbonyl (C=O) groups is 2. The highest BCUT2D eigenvalue weighted by Crippen LogP contribution is 2.28. The van der Waals surface area contributed by atoms with Gasteiger partial charge in [-0.25, -0.2) is 4.79 Å². The van der Waals surface area contributed by atoms with Crippen molar-refractivity contribution in [1.82, 2.24) is 4.98 Å². The third-order valence-corrected chi connectivity index (χ3v) is 4.71. The van der Waals surface area contributed by atoms with Gasteiger partial charge in [-0.1, -0.05) is 18.2 Å². The van der Waals surface area contributed by atoms with E-state index in [1.807, 2.05) is 30.3 Å². The Labute approximate surface area is 151 Å². The number of aromatic nitrogens is 1. The van der Waals surface area contributed by atoms with Crippen LogP contribution in [0.4, 0.5) is 5.69 Å². The highest BCUT2D eigenvalue weighted by atomic mass is 32.2. The summed E-state index contributed by atoms with van der Waals surface area (Å²) in [6.07, 6.45) is 1.81. The molecule has 2 aromatic rings. The van der Waals surface area contributed by atoms with Crippen LogP contribution in [0.25, 0.3) is 0 Å². The highest BCUT2D eigenvalue weighted by Gasteiger charge is 2.23. The molecule has 0 unspecified atom stereocenters. The number of esters is 1. The summed E-state index contributed by atoms with van der Waals surface area (Å²) in [4.78, 5) is 28.7. The number of aryl methyl sites for hydroxylation is 1. The molecule has 1 aromatic carbocycles. The zero-order chi connectivity index (χ0) is 18.4. The van der Waals surface area contributed by atoms with Gasteiger partial charge in [-0.15, -0.1) is 18.3 Å². The van der Waals surface area contributed by atoms with E-state index in [1.165, 1.54) is 0 Å². The lowest BCUT2D eigenvalue weighted by Crippen LogP contribution is -2.14. The van der Waals surface area contributed by atoms with E-state index in [2.05, 4.69) is 16.9 Å². The lowest BCUT2D eigenvalue weighted by Gasteiger charge is -2.10. The van der Waals surface area contributed by atoms with Crippen LogP contribution in [0.3, 0.4) is 0 Å².